The Morgan fingerprint density at radius 2 is 1.93 bits per heavy atom. The molecule has 1 aliphatic rings. The average molecular weight is 388 g/mol. The summed E-state index contributed by atoms with van der Waals surface area (Å²) in [6, 6.07) is 7.42. The van der Waals surface area contributed by atoms with Crippen LogP contribution >= 0.6 is 12.2 Å². The van der Waals surface area contributed by atoms with E-state index in [1.54, 1.807) is 4.57 Å². The van der Waals surface area contributed by atoms with Crippen molar-refractivity contribution in [1.82, 2.24) is 25.0 Å². The highest BCUT2D eigenvalue weighted by Crippen LogP contribution is 2.13. The number of nitrogens with one attached hydrogen (secondary N) is 2. The van der Waals surface area contributed by atoms with Crippen LogP contribution < -0.4 is 5.32 Å². The number of aromatic amines is 1. The molecule has 1 fully saturated rings. The fraction of sp³-hybridized carbons (Fsp3) is 0.474. The van der Waals surface area contributed by atoms with Crippen LogP contribution in [-0.2, 0) is 24.3 Å². The summed E-state index contributed by atoms with van der Waals surface area (Å²) in [6.07, 6.45) is 3.86. The summed E-state index contributed by atoms with van der Waals surface area (Å²) in [5.74, 6) is 0.755. The van der Waals surface area contributed by atoms with Crippen LogP contribution in [0.25, 0.3) is 0 Å². The normalized spacial score (nSPS) is 13.7. The Bertz CT molecular complexity index is 850. The first-order chi connectivity index (χ1) is 13.1. The summed E-state index contributed by atoms with van der Waals surface area (Å²) in [6.45, 7) is 4.29. The standard InChI is InChI=1S/C19H25N5O2S/c1-2-5-16-21-22-19(27)24(16)13-17(25)20-12-14-6-8-15(9-7-14)18(26)23-10-3-4-11-23/h6-9H,2-5,10-13H2,1H3,(H,20,25)(H,22,27). The van der Waals surface area contributed by atoms with Crippen LogP contribution in [0.4, 0.5) is 0 Å². The van der Waals surface area contributed by atoms with Gasteiger partial charge in [0, 0.05) is 31.6 Å². The van der Waals surface area contributed by atoms with E-state index in [-0.39, 0.29) is 18.4 Å². The van der Waals surface area contributed by atoms with E-state index >= 15 is 0 Å². The maximum Gasteiger partial charge on any atom is 0.253 e. The first kappa shape index (κ1) is 19.3. The molecule has 144 valence electrons. The number of hydrogen-bond donors (Lipinski definition) is 2. The quantitative estimate of drug-likeness (QED) is 0.715. The van der Waals surface area contributed by atoms with Crippen molar-refractivity contribution in [3.8, 4) is 0 Å². The molecule has 0 radical (unpaired) electrons. The van der Waals surface area contributed by atoms with Gasteiger partial charge in [-0.1, -0.05) is 19.1 Å². The predicted molar refractivity (Wildman–Crippen MR) is 105 cm³/mol. The van der Waals surface area contributed by atoms with Crippen LogP contribution in [0.1, 0.15) is 47.9 Å². The van der Waals surface area contributed by atoms with Crippen LogP contribution in [0, 0.1) is 4.77 Å². The van der Waals surface area contributed by atoms with Crippen LogP contribution in [0.2, 0.25) is 0 Å². The van der Waals surface area contributed by atoms with Crippen molar-refractivity contribution in [3.63, 3.8) is 0 Å². The fourth-order valence-corrected chi connectivity index (χ4v) is 3.41. The lowest BCUT2D eigenvalue weighted by molar-refractivity contribution is -0.121. The highest BCUT2D eigenvalue weighted by Gasteiger charge is 2.19. The summed E-state index contributed by atoms with van der Waals surface area (Å²) in [4.78, 5) is 26.5. The largest absolute Gasteiger partial charge is 0.350 e. The van der Waals surface area contributed by atoms with Gasteiger partial charge in [0.15, 0.2) is 4.77 Å². The average Bonchev–Trinajstić information content (AvgIpc) is 3.32. The van der Waals surface area contributed by atoms with Crippen molar-refractivity contribution >= 4 is 24.0 Å². The highest BCUT2D eigenvalue weighted by atomic mass is 32.1. The third-order valence-corrected chi connectivity index (χ3v) is 5.01. The van der Waals surface area contributed by atoms with Crippen LogP contribution in [-0.4, -0.2) is 44.6 Å². The van der Waals surface area contributed by atoms with Crippen LogP contribution in [0.15, 0.2) is 24.3 Å². The van der Waals surface area contributed by atoms with Gasteiger partial charge in [-0.15, -0.1) is 0 Å². The second-order valence-corrected chi connectivity index (χ2v) is 7.14. The molecule has 0 aliphatic carbocycles. The van der Waals surface area contributed by atoms with Gasteiger partial charge < -0.3 is 10.2 Å². The lowest BCUT2D eigenvalue weighted by Crippen LogP contribution is -2.28. The molecule has 2 N–H and O–H groups in total. The maximum atomic E-state index is 12.4. The van der Waals surface area contributed by atoms with Gasteiger partial charge in [0.1, 0.15) is 12.4 Å². The molecule has 1 aromatic heterocycles. The topological polar surface area (TPSA) is 83.0 Å². The number of likely N-dealkylation sites (tertiary alicyclic amines) is 1. The molecule has 0 spiro atoms. The maximum absolute atomic E-state index is 12.4. The van der Waals surface area contributed by atoms with Gasteiger partial charge in [-0.3, -0.25) is 19.3 Å². The molecular formula is C19H25N5O2S. The summed E-state index contributed by atoms with van der Waals surface area (Å²) in [5, 5.41) is 9.80. The van der Waals surface area contributed by atoms with Crippen molar-refractivity contribution in [3.05, 3.63) is 46.0 Å². The molecule has 7 nitrogen and oxygen atoms in total. The molecule has 1 saturated heterocycles. The van der Waals surface area contributed by atoms with Gasteiger partial charge in [-0.05, 0) is 49.2 Å². The van der Waals surface area contributed by atoms with Gasteiger partial charge in [-0.25, -0.2) is 0 Å². The highest BCUT2D eigenvalue weighted by molar-refractivity contribution is 7.71. The van der Waals surface area contributed by atoms with Crippen molar-refractivity contribution in [2.75, 3.05) is 13.1 Å². The number of aromatic nitrogens is 3. The van der Waals surface area contributed by atoms with E-state index in [1.165, 1.54) is 0 Å². The molecule has 0 saturated carbocycles. The lowest BCUT2D eigenvalue weighted by atomic mass is 10.1. The molecule has 2 amide bonds. The smallest absolute Gasteiger partial charge is 0.253 e. The number of nitrogens with zero attached hydrogens (tertiary/aromatic N) is 3. The number of benzene rings is 1. The van der Waals surface area contributed by atoms with Gasteiger partial charge in [-0.2, -0.15) is 5.10 Å². The van der Waals surface area contributed by atoms with E-state index in [0.29, 0.717) is 16.9 Å². The molecule has 8 heteroatoms. The second-order valence-electron chi connectivity index (χ2n) is 6.75. The molecule has 1 aromatic carbocycles. The monoisotopic (exact) mass is 387 g/mol. The molecule has 0 unspecified atom stereocenters. The Labute approximate surface area is 163 Å². The molecule has 2 heterocycles. The van der Waals surface area contributed by atoms with Crippen molar-refractivity contribution in [1.29, 1.82) is 0 Å². The Hall–Kier alpha value is -2.48. The zero-order valence-electron chi connectivity index (χ0n) is 15.5. The molecule has 0 atom stereocenters. The Morgan fingerprint density at radius 3 is 2.59 bits per heavy atom. The van der Waals surface area contributed by atoms with E-state index < -0.39 is 0 Å². The molecule has 3 rings (SSSR count). The summed E-state index contributed by atoms with van der Waals surface area (Å²) < 4.78 is 2.18. The van der Waals surface area contributed by atoms with Gasteiger partial charge in [0.2, 0.25) is 5.91 Å². The number of carbonyl (C=O) groups excluding carboxylic acids is 2. The fourth-order valence-electron chi connectivity index (χ4n) is 3.20. The zero-order valence-corrected chi connectivity index (χ0v) is 16.3. The lowest BCUT2D eigenvalue weighted by Gasteiger charge is -2.15. The van der Waals surface area contributed by atoms with Crippen molar-refractivity contribution in [2.24, 2.45) is 0 Å². The van der Waals surface area contributed by atoms with E-state index in [0.717, 1.165) is 50.2 Å². The number of hydrogen-bond acceptors (Lipinski definition) is 4. The molecule has 0 bridgehead atoms. The molecule has 2 aromatic rings. The van der Waals surface area contributed by atoms with E-state index in [9.17, 15) is 9.59 Å². The minimum atomic E-state index is -0.123. The van der Waals surface area contributed by atoms with E-state index in [2.05, 4.69) is 22.4 Å². The number of carbonyl (C=O) groups is 2. The van der Waals surface area contributed by atoms with Crippen molar-refractivity contribution < 1.29 is 9.59 Å². The molecule has 27 heavy (non-hydrogen) atoms. The zero-order chi connectivity index (χ0) is 19.2. The molecular weight excluding hydrogens is 362 g/mol. The van der Waals surface area contributed by atoms with Crippen LogP contribution in [0.5, 0.6) is 0 Å². The first-order valence-corrected chi connectivity index (χ1v) is 9.78. The third-order valence-electron chi connectivity index (χ3n) is 4.70. The second kappa shape index (κ2) is 8.94. The van der Waals surface area contributed by atoms with E-state index in [4.69, 9.17) is 12.2 Å². The number of amides is 2. The van der Waals surface area contributed by atoms with Gasteiger partial charge >= 0.3 is 0 Å². The number of H-pyrrole nitrogens is 1. The van der Waals surface area contributed by atoms with Crippen LogP contribution in [0.3, 0.4) is 0 Å². The number of rotatable bonds is 7. The SMILES string of the molecule is CCCc1n[nH]c(=S)n1CC(=O)NCc1ccc(C(=O)N2CCCC2)cc1. The van der Waals surface area contributed by atoms with Crippen molar-refractivity contribution in [2.45, 2.75) is 45.7 Å². The predicted octanol–water partition coefficient (Wildman–Crippen LogP) is 2.45. The Morgan fingerprint density at radius 1 is 1.22 bits per heavy atom. The van der Waals surface area contributed by atoms with Gasteiger partial charge in [0.05, 0.1) is 0 Å². The molecule has 1 aliphatic heterocycles. The van der Waals surface area contributed by atoms with Gasteiger partial charge in [0.25, 0.3) is 5.91 Å². The third kappa shape index (κ3) is 4.82. The minimum absolute atomic E-state index is 0.0841. The number of aryl methyl sites for hydroxylation is 1. The summed E-state index contributed by atoms with van der Waals surface area (Å²) in [7, 11) is 0. The first-order valence-electron chi connectivity index (χ1n) is 9.37. The summed E-state index contributed by atoms with van der Waals surface area (Å²) in [5.41, 5.74) is 1.65. The minimum Gasteiger partial charge on any atom is -0.350 e. The Balaban J connectivity index is 1.54. The van der Waals surface area contributed by atoms with E-state index in [1.807, 2.05) is 29.2 Å². The Kier molecular flexibility index (Phi) is 6.39. The summed E-state index contributed by atoms with van der Waals surface area (Å²) >= 11 is 5.20.